The largest absolute Gasteiger partial charge is 0.497 e. The molecule has 0 saturated heterocycles. The molecular formula is C22H24N2O3. The number of amides is 1. The first kappa shape index (κ1) is 17.5. The number of rotatable bonds is 5. The number of carbonyl (C=O) groups excluding carboxylic acids is 1. The molecule has 0 saturated carbocycles. The van der Waals surface area contributed by atoms with E-state index in [0.29, 0.717) is 6.54 Å². The number of nitrogens with one attached hydrogen (secondary N) is 2. The van der Waals surface area contributed by atoms with Crippen LogP contribution in [0.15, 0.2) is 42.5 Å². The van der Waals surface area contributed by atoms with Crippen molar-refractivity contribution in [1.29, 1.82) is 0 Å². The molecule has 0 radical (unpaired) electrons. The minimum Gasteiger partial charge on any atom is -0.497 e. The summed E-state index contributed by atoms with van der Waals surface area (Å²) in [4.78, 5) is 16.3. The van der Waals surface area contributed by atoms with Crippen LogP contribution in [-0.2, 0) is 24.2 Å². The standard InChI is InChI=1S/C22H24N2O3/c1-26-16-8-10-20-18(12-16)17-11-14(7-9-19(17)24-20)22(25)23-13-15-5-3-4-6-21(15)27-2/h3-6,8,10,12,14,24H,7,9,11,13H2,1-2H3,(H,23,25). The Balaban J connectivity index is 1.49. The number of aryl methyl sites for hydroxylation is 1. The maximum atomic E-state index is 12.8. The fourth-order valence-corrected chi connectivity index (χ4v) is 3.92. The first-order valence-electron chi connectivity index (χ1n) is 9.26. The fourth-order valence-electron chi connectivity index (χ4n) is 3.92. The van der Waals surface area contributed by atoms with E-state index < -0.39 is 0 Å². The zero-order chi connectivity index (χ0) is 18.8. The van der Waals surface area contributed by atoms with Gasteiger partial charge in [-0.1, -0.05) is 18.2 Å². The molecule has 1 aliphatic rings. The van der Waals surface area contributed by atoms with Crippen molar-refractivity contribution in [3.8, 4) is 11.5 Å². The van der Waals surface area contributed by atoms with Crippen molar-refractivity contribution in [2.24, 2.45) is 5.92 Å². The van der Waals surface area contributed by atoms with Crippen LogP contribution in [0.3, 0.4) is 0 Å². The van der Waals surface area contributed by atoms with E-state index in [1.165, 1.54) is 11.3 Å². The molecule has 1 atom stereocenters. The lowest BCUT2D eigenvalue weighted by molar-refractivity contribution is -0.125. The van der Waals surface area contributed by atoms with Gasteiger partial charge in [-0.15, -0.1) is 0 Å². The summed E-state index contributed by atoms with van der Waals surface area (Å²) in [6.07, 6.45) is 2.49. The topological polar surface area (TPSA) is 63.4 Å². The average Bonchev–Trinajstić information content (AvgIpc) is 3.09. The van der Waals surface area contributed by atoms with Gasteiger partial charge in [-0.3, -0.25) is 4.79 Å². The molecule has 1 aromatic heterocycles. The number of methoxy groups -OCH3 is 2. The Morgan fingerprint density at radius 2 is 2.04 bits per heavy atom. The summed E-state index contributed by atoms with van der Waals surface area (Å²) in [6.45, 7) is 0.480. The highest BCUT2D eigenvalue weighted by Gasteiger charge is 2.27. The summed E-state index contributed by atoms with van der Waals surface area (Å²) in [6, 6.07) is 13.8. The number of carbonyl (C=O) groups is 1. The number of aromatic amines is 1. The van der Waals surface area contributed by atoms with Gasteiger partial charge in [-0.25, -0.2) is 0 Å². The van der Waals surface area contributed by atoms with Crippen molar-refractivity contribution in [2.75, 3.05) is 14.2 Å². The highest BCUT2D eigenvalue weighted by Crippen LogP contribution is 2.33. The number of benzene rings is 2. The predicted molar refractivity (Wildman–Crippen MR) is 105 cm³/mol. The Morgan fingerprint density at radius 3 is 2.85 bits per heavy atom. The third kappa shape index (κ3) is 3.37. The van der Waals surface area contributed by atoms with Gasteiger partial charge in [0.15, 0.2) is 0 Å². The van der Waals surface area contributed by atoms with Gasteiger partial charge in [-0.05, 0) is 49.1 Å². The number of ether oxygens (including phenoxy) is 2. The molecule has 1 heterocycles. The summed E-state index contributed by atoms with van der Waals surface area (Å²) >= 11 is 0. The zero-order valence-corrected chi connectivity index (χ0v) is 15.7. The van der Waals surface area contributed by atoms with Crippen LogP contribution in [0.4, 0.5) is 0 Å². The van der Waals surface area contributed by atoms with Gasteiger partial charge in [0.05, 0.1) is 14.2 Å². The van der Waals surface area contributed by atoms with Crippen LogP contribution in [0, 0.1) is 5.92 Å². The summed E-state index contributed by atoms with van der Waals surface area (Å²) < 4.78 is 10.7. The van der Waals surface area contributed by atoms with Crippen molar-refractivity contribution in [3.63, 3.8) is 0 Å². The van der Waals surface area contributed by atoms with Crippen molar-refractivity contribution < 1.29 is 14.3 Å². The average molecular weight is 364 g/mol. The lowest BCUT2D eigenvalue weighted by Gasteiger charge is -2.22. The van der Waals surface area contributed by atoms with E-state index in [1.807, 2.05) is 36.4 Å². The third-order valence-corrected chi connectivity index (χ3v) is 5.41. The maximum Gasteiger partial charge on any atom is 0.223 e. The van der Waals surface area contributed by atoms with Crippen molar-refractivity contribution in [2.45, 2.75) is 25.8 Å². The van der Waals surface area contributed by atoms with E-state index in [2.05, 4.69) is 16.4 Å². The maximum absolute atomic E-state index is 12.8. The van der Waals surface area contributed by atoms with Gasteiger partial charge in [-0.2, -0.15) is 0 Å². The van der Waals surface area contributed by atoms with Crippen LogP contribution in [0.25, 0.3) is 10.9 Å². The normalized spacial score (nSPS) is 16.0. The lowest BCUT2D eigenvalue weighted by atomic mass is 9.85. The molecule has 0 fully saturated rings. The molecule has 27 heavy (non-hydrogen) atoms. The molecule has 3 aromatic rings. The molecule has 1 amide bonds. The monoisotopic (exact) mass is 364 g/mol. The van der Waals surface area contributed by atoms with Gasteiger partial charge >= 0.3 is 0 Å². The molecular weight excluding hydrogens is 340 g/mol. The minimum atomic E-state index is -0.0163. The van der Waals surface area contributed by atoms with Crippen LogP contribution < -0.4 is 14.8 Å². The second-order valence-corrected chi connectivity index (χ2v) is 6.96. The Morgan fingerprint density at radius 1 is 1.19 bits per heavy atom. The van der Waals surface area contributed by atoms with Gasteiger partial charge in [0, 0.05) is 34.6 Å². The Labute approximate surface area is 158 Å². The van der Waals surface area contributed by atoms with Crippen molar-refractivity contribution in [1.82, 2.24) is 10.3 Å². The molecule has 4 rings (SSSR count). The Bertz CT molecular complexity index is 977. The second-order valence-electron chi connectivity index (χ2n) is 6.96. The van der Waals surface area contributed by atoms with Crippen LogP contribution in [0.2, 0.25) is 0 Å². The van der Waals surface area contributed by atoms with E-state index in [1.54, 1.807) is 14.2 Å². The van der Waals surface area contributed by atoms with Gasteiger partial charge < -0.3 is 19.8 Å². The smallest absolute Gasteiger partial charge is 0.223 e. The van der Waals surface area contributed by atoms with E-state index in [9.17, 15) is 4.79 Å². The predicted octanol–water partition coefficient (Wildman–Crippen LogP) is 3.61. The van der Waals surface area contributed by atoms with Crippen LogP contribution in [0.1, 0.15) is 23.2 Å². The molecule has 2 aromatic carbocycles. The van der Waals surface area contributed by atoms with E-state index in [0.717, 1.165) is 47.2 Å². The first-order valence-corrected chi connectivity index (χ1v) is 9.26. The second kappa shape index (κ2) is 7.35. The number of aromatic nitrogens is 1. The molecule has 5 nitrogen and oxygen atoms in total. The number of hydrogen-bond donors (Lipinski definition) is 2. The van der Waals surface area contributed by atoms with Gasteiger partial charge in [0.2, 0.25) is 5.91 Å². The van der Waals surface area contributed by atoms with E-state index >= 15 is 0 Å². The first-order chi connectivity index (χ1) is 13.2. The van der Waals surface area contributed by atoms with E-state index in [4.69, 9.17) is 9.47 Å². The zero-order valence-electron chi connectivity index (χ0n) is 15.7. The molecule has 0 aliphatic heterocycles. The quantitative estimate of drug-likeness (QED) is 0.727. The minimum absolute atomic E-state index is 0.0163. The molecule has 5 heteroatoms. The SMILES string of the molecule is COc1ccc2[nH]c3c(c2c1)CC(C(=O)NCc1ccccc1OC)CC3. The summed E-state index contributed by atoms with van der Waals surface area (Å²) in [5.74, 6) is 1.72. The number of H-pyrrole nitrogens is 1. The highest BCUT2D eigenvalue weighted by atomic mass is 16.5. The fraction of sp³-hybridized carbons (Fsp3) is 0.318. The molecule has 2 N–H and O–H groups in total. The highest BCUT2D eigenvalue weighted by molar-refractivity contribution is 5.88. The summed E-state index contributed by atoms with van der Waals surface area (Å²) in [5.41, 5.74) is 4.58. The van der Waals surface area contributed by atoms with Crippen LogP contribution in [0.5, 0.6) is 11.5 Å². The van der Waals surface area contributed by atoms with E-state index in [-0.39, 0.29) is 11.8 Å². The van der Waals surface area contributed by atoms with Crippen LogP contribution >= 0.6 is 0 Å². The molecule has 140 valence electrons. The molecule has 0 spiro atoms. The number of para-hydroxylation sites is 1. The molecule has 1 aliphatic carbocycles. The Hall–Kier alpha value is -2.95. The molecule has 0 bridgehead atoms. The van der Waals surface area contributed by atoms with Crippen molar-refractivity contribution >= 4 is 16.8 Å². The van der Waals surface area contributed by atoms with Gasteiger partial charge in [0.1, 0.15) is 11.5 Å². The number of hydrogen-bond acceptors (Lipinski definition) is 3. The van der Waals surface area contributed by atoms with Gasteiger partial charge in [0.25, 0.3) is 0 Å². The Kier molecular flexibility index (Phi) is 4.75. The summed E-state index contributed by atoms with van der Waals surface area (Å²) in [7, 11) is 3.32. The third-order valence-electron chi connectivity index (χ3n) is 5.41. The van der Waals surface area contributed by atoms with Crippen molar-refractivity contribution in [3.05, 3.63) is 59.3 Å². The van der Waals surface area contributed by atoms with Crippen LogP contribution in [-0.4, -0.2) is 25.1 Å². The summed E-state index contributed by atoms with van der Waals surface area (Å²) in [5, 5.41) is 4.24. The molecule has 1 unspecified atom stereocenters. The lowest BCUT2D eigenvalue weighted by Crippen LogP contribution is -2.33. The number of fused-ring (bicyclic) bond motifs is 3.